The third kappa shape index (κ3) is 5.53. The van der Waals surface area contributed by atoms with E-state index in [1.165, 1.54) is 0 Å². The number of rotatable bonds is 5. The highest BCUT2D eigenvalue weighted by Gasteiger charge is 1.88. The Bertz CT molecular complexity index is 81.0. The van der Waals surface area contributed by atoms with E-state index in [2.05, 4.69) is 11.9 Å². The molecule has 0 atom stereocenters. The number of nitrogens with one attached hydrogen (secondary N) is 1. The van der Waals surface area contributed by atoms with Crippen LogP contribution in [0.5, 0.6) is 0 Å². The van der Waals surface area contributed by atoms with E-state index in [0.717, 1.165) is 18.7 Å². The quantitative estimate of drug-likeness (QED) is 0.554. The Morgan fingerprint density at radius 1 is 1.67 bits per heavy atom. The van der Waals surface area contributed by atoms with Gasteiger partial charge in [-0.05, 0) is 19.5 Å². The Hall–Kier alpha value is -0.340. The van der Waals surface area contributed by atoms with Crippen LogP contribution in [-0.4, -0.2) is 26.8 Å². The summed E-state index contributed by atoms with van der Waals surface area (Å²) in [6, 6.07) is 0. The SMILES string of the molecule is C=C(CNC)COCC. The van der Waals surface area contributed by atoms with Crippen LogP contribution < -0.4 is 5.32 Å². The van der Waals surface area contributed by atoms with Crippen LogP contribution in [0.4, 0.5) is 0 Å². The van der Waals surface area contributed by atoms with Gasteiger partial charge in [0, 0.05) is 13.2 Å². The molecule has 2 heteroatoms. The maximum Gasteiger partial charge on any atom is 0.0686 e. The molecule has 0 radical (unpaired) electrons. The van der Waals surface area contributed by atoms with Crippen molar-refractivity contribution in [3.8, 4) is 0 Å². The van der Waals surface area contributed by atoms with Crippen molar-refractivity contribution in [1.29, 1.82) is 0 Å². The van der Waals surface area contributed by atoms with Gasteiger partial charge in [-0.3, -0.25) is 0 Å². The molecule has 0 unspecified atom stereocenters. The van der Waals surface area contributed by atoms with E-state index in [1.807, 2.05) is 14.0 Å². The minimum atomic E-state index is 0.678. The van der Waals surface area contributed by atoms with E-state index in [9.17, 15) is 0 Å². The molecule has 0 rings (SSSR count). The fourth-order valence-corrected chi connectivity index (χ4v) is 0.547. The minimum absolute atomic E-state index is 0.678. The molecular formula is C7H15NO. The summed E-state index contributed by atoms with van der Waals surface area (Å²) in [5.74, 6) is 0. The summed E-state index contributed by atoms with van der Waals surface area (Å²) in [6.07, 6.45) is 0. The number of ether oxygens (including phenoxy) is 1. The maximum atomic E-state index is 5.11. The van der Waals surface area contributed by atoms with Crippen LogP contribution >= 0.6 is 0 Å². The Kier molecular flexibility index (Phi) is 5.57. The summed E-state index contributed by atoms with van der Waals surface area (Å²) >= 11 is 0. The Balaban J connectivity index is 3.06. The van der Waals surface area contributed by atoms with Gasteiger partial charge in [-0.25, -0.2) is 0 Å². The lowest BCUT2D eigenvalue weighted by Gasteiger charge is -2.02. The predicted octanol–water partition coefficient (Wildman–Crippen LogP) is 0.798. The number of hydrogen-bond donors (Lipinski definition) is 1. The van der Waals surface area contributed by atoms with E-state index in [4.69, 9.17) is 4.74 Å². The molecule has 0 aliphatic carbocycles. The summed E-state index contributed by atoms with van der Waals surface area (Å²) in [5, 5.41) is 3.00. The van der Waals surface area contributed by atoms with Crippen molar-refractivity contribution < 1.29 is 4.74 Å². The lowest BCUT2D eigenvalue weighted by Crippen LogP contribution is -2.13. The predicted molar refractivity (Wildman–Crippen MR) is 39.6 cm³/mol. The Labute approximate surface area is 56.9 Å². The van der Waals surface area contributed by atoms with Gasteiger partial charge in [0.2, 0.25) is 0 Å². The van der Waals surface area contributed by atoms with Crippen molar-refractivity contribution in [3.63, 3.8) is 0 Å². The molecule has 0 saturated heterocycles. The van der Waals surface area contributed by atoms with E-state index in [1.54, 1.807) is 0 Å². The van der Waals surface area contributed by atoms with Crippen molar-refractivity contribution in [2.45, 2.75) is 6.92 Å². The second kappa shape index (κ2) is 5.79. The second-order valence-corrected chi connectivity index (χ2v) is 1.92. The van der Waals surface area contributed by atoms with Gasteiger partial charge in [-0.15, -0.1) is 0 Å². The van der Waals surface area contributed by atoms with E-state index in [-0.39, 0.29) is 0 Å². The normalized spacial score (nSPS) is 9.56. The number of likely N-dealkylation sites (N-methyl/N-ethyl adjacent to an activating group) is 1. The van der Waals surface area contributed by atoms with E-state index in [0.29, 0.717) is 6.61 Å². The van der Waals surface area contributed by atoms with Crippen molar-refractivity contribution in [3.05, 3.63) is 12.2 Å². The molecule has 0 aliphatic heterocycles. The monoisotopic (exact) mass is 129 g/mol. The van der Waals surface area contributed by atoms with Crippen LogP contribution in [0.15, 0.2) is 12.2 Å². The first-order chi connectivity index (χ1) is 4.31. The zero-order valence-corrected chi connectivity index (χ0v) is 6.24. The van der Waals surface area contributed by atoms with Gasteiger partial charge in [0.05, 0.1) is 6.61 Å². The molecule has 0 bridgehead atoms. The van der Waals surface area contributed by atoms with Crippen molar-refractivity contribution in [2.24, 2.45) is 0 Å². The average Bonchev–Trinajstić information content (AvgIpc) is 1.85. The molecule has 0 heterocycles. The van der Waals surface area contributed by atoms with Crippen LogP contribution in [0.1, 0.15) is 6.92 Å². The molecule has 0 fully saturated rings. The first-order valence-corrected chi connectivity index (χ1v) is 3.20. The van der Waals surface area contributed by atoms with Crippen molar-refractivity contribution >= 4 is 0 Å². The summed E-state index contributed by atoms with van der Waals surface area (Å²) < 4.78 is 5.11. The highest BCUT2D eigenvalue weighted by atomic mass is 16.5. The van der Waals surface area contributed by atoms with Crippen LogP contribution in [0, 0.1) is 0 Å². The summed E-state index contributed by atoms with van der Waals surface area (Å²) in [5.41, 5.74) is 1.10. The molecule has 0 saturated carbocycles. The van der Waals surface area contributed by atoms with Crippen LogP contribution in [0.2, 0.25) is 0 Å². The summed E-state index contributed by atoms with van der Waals surface area (Å²) in [6.45, 7) is 8.07. The first kappa shape index (κ1) is 8.66. The maximum absolute atomic E-state index is 5.11. The molecule has 1 N–H and O–H groups in total. The Morgan fingerprint density at radius 3 is 2.78 bits per heavy atom. The second-order valence-electron chi connectivity index (χ2n) is 1.92. The zero-order valence-electron chi connectivity index (χ0n) is 6.24. The minimum Gasteiger partial charge on any atom is -0.377 e. The van der Waals surface area contributed by atoms with Crippen molar-refractivity contribution in [2.75, 3.05) is 26.8 Å². The van der Waals surface area contributed by atoms with E-state index < -0.39 is 0 Å². The highest BCUT2D eigenvalue weighted by molar-refractivity contribution is 4.95. The average molecular weight is 129 g/mol. The van der Waals surface area contributed by atoms with Gasteiger partial charge < -0.3 is 10.1 Å². The van der Waals surface area contributed by atoms with Crippen molar-refractivity contribution in [1.82, 2.24) is 5.32 Å². The van der Waals surface area contributed by atoms with Gasteiger partial charge in [-0.1, -0.05) is 6.58 Å². The number of hydrogen-bond acceptors (Lipinski definition) is 2. The standard InChI is InChI=1S/C7H15NO/c1-4-9-6-7(2)5-8-3/h8H,2,4-6H2,1,3H3. The third-order valence-corrected chi connectivity index (χ3v) is 0.937. The van der Waals surface area contributed by atoms with Crippen LogP contribution in [0.25, 0.3) is 0 Å². The Morgan fingerprint density at radius 2 is 2.33 bits per heavy atom. The molecule has 0 aliphatic rings. The van der Waals surface area contributed by atoms with Gasteiger partial charge in [0.25, 0.3) is 0 Å². The molecule has 0 amide bonds. The third-order valence-electron chi connectivity index (χ3n) is 0.937. The highest BCUT2D eigenvalue weighted by Crippen LogP contribution is 1.87. The zero-order chi connectivity index (χ0) is 7.11. The molecule has 54 valence electrons. The lowest BCUT2D eigenvalue weighted by atomic mass is 10.3. The van der Waals surface area contributed by atoms with E-state index >= 15 is 0 Å². The molecule has 0 aromatic heterocycles. The molecule has 0 aromatic carbocycles. The molecular weight excluding hydrogens is 114 g/mol. The van der Waals surface area contributed by atoms with Crippen LogP contribution in [0.3, 0.4) is 0 Å². The molecule has 9 heavy (non-hydrogen) atoms. The fraction of sp³-hybridized carbons (Fsp3) is 0.714. The van der Waals surface area contributed by atoms with Gasteiger partial charge in [0.1, 0.15) is 0 Å². The topological polar surface area (TPSA) is 21.3 Å². The molecule has 0 aromatic rings. The first-order valence-electron chi connectivity index (χ1n) is 3.20. The largest absolute Gasteiger partial charge is 0.377 e. The lowest BCUT2D eigenvalue weighted by molar-refractivity contribution is 0.170. The molecule has 2 nitrogen and oxygen atoms in total. The van der Waals surface area contributed by atoms with Gasteiger partial charge >= 0.3 is 0 Å². The summed E-state index contributed by atoms with van der Waals surface area (Å²) in [4.78, 5) is 0. The summed E-state index contributed by atoms with van der Waals surface area (Å²) in [7, 11) is 1.90. The fourth-order valence-electron chi connectivity index (χ4n) is 0.547. The smallest absolute Gasteiger partial charge is 0.0686 e. The molecule has 0 spiro atoms. The van der Waals surface area contributed by atoms with Gasteiger partial charge in [0.15, 0.2) is 0 Å². The van der Waals surface area contributed by atoms with Gasteiger partial charge in [-0.2, -0.15) is 0 Å². The van der Waals surface area contributed by atoms with Crippen LogP contribution in [-0.2, 0) is 4.74 Å².